The zero-order valence-corrected chi connectivity index (χ0v) is 13.8. The Bertz CT molecular complexity index is 635. The van der Waals surface area contributed by atoms with Gasteiger partial charge in [-0.25, -0.2) is 0 Å². The molecule has 1 unspecified atom stereocenters. The first-order valence-corrected chi connectivity index (χ1v) is 8.05. The Morgan fingerprint density at radius 2 is 2.18 bits per heavy atom. The number of hydrogen-bond acceptors (Lipinski definition) is 3. The summed E-state index contributed by atoms with van der Waals surface area (Å²) in [6.45, 7) is 6.71. The number of benzene rings is 1. The van der Waals surface area contributed by atoms with Crippen LogP contribution < -0.4 is 0 Å². The second kappa shape index (κ2) is 6.82. The van der Waals surface area contributed by atoms with E-state index in [-0.39, 0.29) is 0 Å². The highest BCUT2D eigenvalue weighted by atomic mass is 16.5. The summed E-state index contributed by atoms with van der Waals surface area (Å²) in [5.74, 6) is 0. The second-order valence-electron chi connectivity index (χ2n) is 6.27. The Morgan fingerprint density at radius 1 is 1.32 bits per heavy atom. The smallest absolute Gasteiger partial charge is 0.0724 e. The number of hydrogen-bond donors (Lipinski definition) is 0. The molecule has 0 bridgehead atoms. The lowest BCUT2D eigenvalue weighted by molar-refractivity contribution is -0.0437. The van der Waals surface area contributed by atoms with Crippen molar-refractivity contribution in [3.05, 3.63) is 35.5 Å². The summed E-state index contributed by atoms with van der Waals surface area (Å²) in [7, 11) is 3.91. The fraction of sp³-hybridized carbons (Fsp3) is 0.556. The molecule has 3 rings (SSSR count). The van der Waals surface area contributed by atoms with Crippen LogP contribution in [0.2, 0.25) is 0 Å². The van der Waals surface area contributed by atoms with E-state index in [4.69, 9.17) is 9.47 Å². The van der Waals surface area contributed by atoms with Gasteiger partial charge in [0.05, 0.1) is 12.7 Å². The zero-order valence-electron chi connectivity index (χ0n) is 13.8. The summed E-state index contributed by atoms with van der Waals surface area (Å²) in [6.07, 6.45) is 1.27. The van der Waals surface area contributed by atoms with Crippen LogP contribution in [0.3, 0.4) is 0 Å². The van der Waals surface area contributed by atoms with E-state index in [0.717, 1.165) is 39.3 Å². The van der Waals surface area contributed by atoms with Crippen LogP contribution in [0.5, 0.6) is 0 Å². The molecule has 0 spiro atoms. The average molecular weight is 302 g/mol. The van der Waals surface area contributed by atoms with E-state index >= 15 is 0 Å². The third-order valence-electron chi connectivity index (χ3n) is 4.55. The molecule has 4 nitrogen and oxygen atoms in total. The summed E-state index contributed by atoms with van der Waals surface area (Å²) in [4.78, 5) is 2.49. The van der Waals surface area contributed by atoms with E-state index < -0.39 is 0 Å². The van der Waals surface area contributed by atoms with E-state index in [9.17, 15) is 0 Å². The van der Waals surface area contributed by atoms with Crippen LogP contribution in [0, 0.1) is 6.92 Å². The molecule has 0 N–H and O–H groups in total. The molecule has 1 saturated heterocycles. The lowest BCUT2D eigenvalue weighted by Gasteiger charge is -2.32. The Hall–Kier alpha value is -1.36. The van der Waals surface area contributed by atoms with E-state index in [1.54, 1.807) is 7.11 Å². The molecule has 1 aromatic carbocycles. The minimum atomic E-state index is 0.297. The zero-order chi connectivity index (χ0) is 15.5. The largest absolute Gasteiger partial charge is 0.385 e. The summed E-state index contributed by atoms with van der Waals surface area (Å²) >= 11 is 0. The number of nitrogens with zero attached hydrogens (tertiary/aromatic N) is 2. The van der Waals surface area contributed by atoms with Gasteiger partial charge in [0.25, 0.3) is 0 Å². The van der Waals surface area contributed by atoms with Crippen molar-refractivity contribution in [2.45, 2.75) is 26.0 Å². The maximum atomic E-state index is 5.82. The lowest BCUT2D eigenvalue weighted by Crippen LogP contribution is -2.42. The molecule has 2 heterocycles. The first-order valence-electron chi connectivity index (χ1n) is 8.05. The van der Waals surface area contributed by atoms with Gasteiger partial charge in [-0.1, -0.05) is 11.6 Å². The summed E-state index contributed by atoms with van der Waals surface area (Å²) in [5.41, 5.74) is 3.99. The van der Waals surface area contributed by atoms with Crippen molar-refractivity contribution in [3.63, 3.8) is 0 Å². The first kappa shape index (κ1) is 15.5. The summed E-state index contributed by atoms with van der Waals surface area (Å²) in [6, 6.07) is 8.98. The predicted octanol–water partition coefficient (Wildman–Crippen LogP) is 2.72. The van der Waals surface area contributed by atoms with Crippen LogP contribution in [0.4, 0.5) is 0 Å². The van der Waals surface area contributed by atoms with Gasteiger partial charge in [-0.05, 0) is 31.5 Å². The van der Waals surface area contributed by atoms with Gasteiger partial charge >= 0.3 is 0 Å². The molecule has 0 saturated carbocycles. The van der Waals surface area contributed by atoms with Crippen molar-refractivity contribution in [2.24, 2.45) is 7.05 Å². The highest BCUT2D eigenvalue weighted by Crippen LogP contribution is 2.22. The first-order chi connectivity index (χ1) is 10.7. The fourth-order valence-electron chi connectivity index (χ4n) is 3.25. The van der Waals surface area contributed by atoms with Crippen LogP contribution in [-0.4, -0.2) is 49.0 Å². The SMILES string of the molecule is COCCC1CN(Cc2cc3cc(C)ccc3n2C)CCO1. The summed E-state index contributed by atoms with van der Waals surface area (Å²) in [5, 5.41) is 1.33. The quantitative estimate of drug-likeness (QED) is 0.849. The van der Waals surface area contributed by atoms with Gasteiger partial charge in [0, 0.05) is 57.0 Å². The van der Waals surface area contributed by atoms with Crippen LogP contribution in [0.15, 0.2) is 24.3 Å². The van der Waals surface area contributed by atoms with Gasteiger partial charge in [-0.15, -0.1) is 0 Å². The molecule has 2 aromatic rings. The number of aryl methyl sites for hydroxylation is 2. The van der Waals surface area contributed by atoms with Crippen LogP contribution in [-0.2, 0) is 23.1 Å². The molecule has 0 amide bonds. The molecule has 0 aliphatic carbocycles. The molecule has 22 heavy (non-hydrogen) atoms. The maximum Gasteiger partial charge on any atom is 0.0724 e. The van der Waals surface area contributed by atoms with Crippen molar-refractivity contribution in [2.75, 3.05) is 33.4 Å². The van der Waals surface area contributed by atoms with E-state index in [2.05, 4.69) is 47.7 Å². The number of fused-ring (bicyclic) bond motifs is 1. The van der Waals surface area contributed by atoms with Gasteiger partial charge in [0.15, 0.2) is 0 Å². The number of rotatable bonds is 5. The number of morpholine rings is 1. The Balaban J connectivity index is 1.71. The average Bonchev–Trinajstić information content (AvgIpc) is 2.81. The van der Waals surface area contributed by atoms with Crippen molar-refractivity contribution in [1.29, 1.82) is 0 Å². The van der Waals surface area contributed by atoms with E-state index in [1.165, 1.54) is 22.2 Å². The molecule has 1 atom stereocenters. The van der Waals surface area contributed by atoms with Crippen molar-refractivity contribution < 1.29 is 9.47 Å². The highest BCUT2D eigenvalue weighted by Gasteiger charge is 2.21. The van der Waals surface area contributed by atoms with Gasteiger partial charge in [-0.2, -0.15) is 0 Å². The van der Waals surface area contributed by atoms with Crippen molar-refractivity contribution in [1.82, 2.24) is 9.47 Å². The monoisotopic (exact) mass is 302 g/mol. The van der Waals surface area contributed by atoms with Crippen molar-refractivity contribution >= 4 is 10.9 Å². The fourth-order valence-corrected chi connectivity index (χ4v) is 3.25. The predicted molar refractivity (Wildman–Crippen MR) is 89.2 cm³/mol. The normalized spacial score (nSPS) is 19.9. The Morgan fingerprint density at radius 3 is 3.00 bits per heavy atom. The standard InChI is InChI=1S/C18H26N2O2/c1-14-4-5-18-15(10-14)11-16(19(18)2)12-20-7-9-22-17(13-20)6-8-21-3/h4-5,10-11,17H,6-9,12-13H2,1-3H3. The topological polar surface area (TPSA) is 26.6 Å². The molecular weight excluding hydrogens is 276 g/mol. The molecule has 1 aliphatic heterocycles. The number of methoxy groups -OCH3 is 1. The van der Waals surface area contributed by atoms with Crippen LogP contribution in [0.1, 0.15) is 17.7 Å². The second-order valence-corrected chi connectivity index (χ2v) is 6.27. The maximum absolute atomic E-state index is 5.82. The number of aromatic nitrogens is 1. The van der Waals surface area contributed by atoms with E-state index in [1.807, 2.05) is 0 Å². The third-order valence-corrected chi connectivity index (χ3v) is 4.55. The van der Waals surface area contributed by atoms with Crippen LogP contribution >= 0.6 is 0 Å². The van der Waals surface area contributed by atoms with Gasteiger partial charge in [0.1, 0.15) is 0 Å². The van der Waals surface area contributed by atoms with Crippen molar-refractivity contribution in [3.8, 4) is 0 Å². The molecule has 4 heteroatoms. The lowest BCUT2D eigenvalue weighted by atomic mass is 10.2. The molecular formula is C18H26N2O2. The Labute approximate surface area is 132 Å². The minimum Gasteiger partial charge on any atom is -0.385 e. The molecule has 120 valence electrons. The minimum absolute atomic E-state index is 0.297. The molecule has 1 fully saturated rings. The summed E-state index contributed by atoms with van der Waals surface area (Å²) < 4.78 is 13.3. The van der Waals surface area contributed by atoms with Crippen LogP contribution in [0.25, 0.3) is 10.9 Å². The highest BCUT2D eigenvalue weighted by molar-refractivity contribution is 5.82. The third kappa shape index (κ3) is 3.35. The number of ether oxygens (including phenoxy) is 2. The molecule has 0 radical (unpaired) electrons. The molecule has 1 aliphatic rings. The Kier molecular flexibility index (Phi) is 4.81. The van der Waals surface area contributed by atoms with E-state index in [0.29, 0.717) is 6.10 Å². The van der Waals surface area contributed by atoms with Gasteiger partial charge in [0.2, 0.25) is 0 Å². The molecule has 1 aromatic heterocycles. The van der Waals surface area contributed by atoms with Gasteiger partial charge in [-0.3, -0.25) is 4.90 Å². The van der Waals surface area contributed by atoms with Gasteiger partial charge < -0.3 is 14.0 Å².